The average Bonchev–Trinajstić information content (AvgIpc) is 3.14. The van der Waals surface area contributed by atoms with Crippen molar-refractivity contribution < 1.29 is 19.5 Å². The van der Waals surface area contributed by atoms with E-state index in [1.54, 1.807) is 30.5 Å². The standard InChI is InChI=1S/C21H25N3O4/c1-21(2,3)17(19(26)24-11-5-7-16(24)20(27)28)23-18(25)14-8-9-15-13(12-14)6-4-10-22-15/h4,6,8-10,12,16-17H,5,7,11H2,1-3H3,(H,23,25)(H,27,28)/t16-,17?/m1/s1. The van der Waals surface area contributed by atoms with Gasteiger partial charge in [0.1, 0.15) is 12.1 Å². The summed E-state index contributed by atoms with van der Waals surface area (Å²) in [4.78, 5) is 43.1. The molecule has 148 valence electrons. The minimum absolute atomic E-state index is 0.354. The molecule has 1 aromatic heterocycles. The topological polar surface area (TPSA) is 99.6 Å². The summed E-state index contributed by atoms with van der Waals surface area (Å²) >= 11 is 0. The fourth-order valence-electron chi connectivity index (χ4n) is 3.53. The predicted molar refractivity (Wildman–Crippen MR) is 105 cm³/mol. The van der Waals surface area contributed by atoms with Gasteiger partial charge in [-0.2, -0.15) is 0 Å². The molecule has 0 spiro atoms. The Hall–Kier alpha value is -2.96. The minimum atomic E-state index is -1.01. The number of carboxylic acid groups (broad SMARTS) is 1. The number of likely N-dealkylation sites (tertiary alicyclic amines) is 1. The van der Waals surface area contributed by atoms with E-state index in [0.29, 0.717) is 24.9 Å². The fraction of sp³-hybridized carbons (Fsp3) is 0.429. The monoisotopic (exact) mass is 383 g/mol. The van der Waals surface area contributed by atoms with Crippen molar-refractivity contribution in [2.75, 3.05) is 6.54 Å². The first-order chi connectivity index (χ1) is 13.2. The Morgan fingerprint density at radius 2 is 2.00 bits per heavy atom. The summed E-state index contributed by atoms with van der Waals surface area (Å²) in [6, 6.07) is 7.17. The number of nitrogens with one attached hydrogen (secondary N) is 1. The molecule has 0 radical (unpaired) electrons. The number of carbonyl (C=O) groups excluding carboxylic acids is 2. The van der Waals surface area contributed by atoms with E-state index in [1.165, 1.54) is 4.90 Å². The molecule has 2 atom stereocenters. The van der Waals surface area contributed by atoms with Crippen molar-refractivity contribution in [3.8, 4) is 0 Å². The highest BCUT2D eigenvalue weighted by Gasteiger charge is 2.41. The third-order valence-electron chi connectivity index (χ3n) is 5.07. The van der Waals surface area contributed by atoms with Crippen LogP contribution >= 0.6 is 0 Å². The van der Waals surface area contributed by atoms with Gasteiger partial charge >= 0.3 is 5.97 Å². The molecule has 1 fully saturated rings. The van der Waals surface area contributed by atoms with Crippen LogP contribution in [0.2, 0.25) is 0 Å². The Morgan fingerprint density at radius 1 is 1.25 bits per heavy atom. The largest absolute Gasteiger partial charge is 0.480 e. The van der Waals surface area contributed by atoms with Gasteiger partial charge in [-0.1, -0.05) is 26.8 Å². The number of fused-ring (bicyclic) bond motifs is 1. The van der Waals surface area contributed by atoms with Gasteiger partial charge in [0.05, 0.1) is 5.52 Å². The van der Waals surface area contributed by atoms with E-state index >= 15 is 0 Å². The number of rotatable bonds is 4. The molecule has 2 amide bonds. The van der Waals surface area contributed by atoms with Gasteiger partial charge in [-0.05, 0) is 42.5 Å². The maximum absolute atomic E-state index is 13.1. The Labute approximate surface area is 163 Å². The number of aliphatic carboxylic acids is 1. The predicted octanol–water partition coefficient (Wildman–Crippen LogP) is 2.45. The van der Waals surface area contributed by atoms with Crippen LogP contribution in [0.5, 0.6) is 0 Å². The zero-order chi connectivity index (χ0) is 20.5. The van der Waals surface area contributed by atoms with Crippen LogP contribution in [0.3, 0.4) is 0 Å². The first-order valence-electron chi connectivity index (χ1n) is 9.37. The van der Waals surface area contributed by atoms with E-state index < -0.39 is 23.5 Å². The summed E-state index contributed by atoms with van der Waals surface area (Å²) in [6.07, 6.45) is 2.76. The van der Waals surface area contributed by atoms with Gasteiger partial charge in [0.25, 0.3) is 5.91 Å². The Balaban J connectivity index is 1.84. The second-order valence-electron chi connectivity index (χ2n) is 8.21. The highest BCUT2D eigenvalue weighted by atomic mass is 16.4. The summed E-state index contributed by atoms with van der Waals surface area (Å²) in [5, 5.41) is 13.1. The number of pyridine rings is 1. The van der Waals surface area contributed by atoms with Crippen molar-refractivity contribution in [2.45, 2.75) is 45.7 Å². The summed E-state index contributed by atoms with van der Waals surface area (Å²) in [7, 11) is 0. The van der Waals surface area contributed by atoms with Crippen LogP contribution in [0.25, 0.3) is 10.9 Å². The number of aromatic nitrogens is 1. The SMILES string of the molecule is CC(C)(C)C(NC(=O)c1ccc2ncccc2c1)C(=O)N1CCC[C@@H]1C(=O)O. The van der Waals surface area contributed by atoms with Crippen molar-refractivity contribution in [1.29, 1.82) is 0 Å². The van der Waals surface area contributed by atoms with Crippen molar-refractivity contribution in [3.05, 3.63) is 42.1 Å². The van der Waals surface area contributed by atoms with Crippen molar-refractivity contribution in [3.63, 3.8) is 0 Å². The molecule has 7 nitrogen and oxygen atoms in total. The molecule has 1 aromatic carbocycles. The third kappa shape index (κ3) is 3.98. The molecule has 28 heavy (non-hydrogen) atoms. The molecule has 7 heteroatoms. The maximum atomic E-state index is 13.1. The normalized spacial score (nSPS) is 18.1. The number of hydrogen-bond donors (Lipinski definition) is 2. The van der Waals surface area contributed by atoms with Crippen LogP contribution in [0.4, 0.5) is 0 Å². The Kier molecular flexibility index (Phi) is 5.36. The summed E-state index contributed by atoms with van der Waals surface area (Å²) < 4.78 is 0. The molecule has 1 saturated heterocycles. The molecule has 2 N–H and O–H groups in total. The van der Waals surface area contributed by atoms with E-state index in [0.717, 1.165) is 10.9 Å². The molecule has 0 bridgehead atoms. The van der Waals surface area contributed by atoms with E-state index in [1.807, 2.05) is 26.8 Å². The van der Waals surface area contributed by atoms with Crippen LogP contribution in [0.15, 0.2) is 36.5 Å². The lowest BCUT2D eigenvalue weighted by atomic mass is 9.85. The van der Waals surface area contributed by atoms with Crippen LogP contribution in [-0.4, -0.2) is 51.4 Å². The zero-order valence-electron chi connectivity index (χ0n) is 16.3. The fourth-order valence-corrected chi connectivity index (χ4v) is 3.53. The van der Waals surface area contributed by atoms with Gasteiger partial charge in [-0.3, -0.25) is 14.6 Å². The zero-order valence-corrected chi connectivity index (χ0v) is 16.3. The van der Waals surface area contributed by atoms with Gasteiger partial charge in [-0.25, -0.2) is 4.79 Å². The van der Waals surface area contributed by atoms with Gasteiger partial charge < -0.3 is 15.3 Å². The van der Waals surface area contributed by atoms with Gasteiger partial charge in [0.15, 0.2) is 0 Å². The van der Waals surface area contributed by atoms with Crippen LogP contribution in [0, 0.1) is 5.41 Å². The number of nitrogens with zero attached hydrogens (tertiary/aromatic N) is 2. The number of hydrogen-bond acceptors (Lipinski definition) is 4. The van der Waals surface area contributed by atoms with E-state index in [-0.39, 0.29) is 11.8 Å². The lowest BCUT2D eigenvalue weighted by Crippen LogP contribution is -2.56. The second kappa shape index (κ2) is 7.58. The Morgan fingerprint density at radius 3 is 2.68 bits per heavy atom. The lowest BCUT2D eigenvalue weighted by Gasteiger charge is -2.34. The van der Waals surface area contributed by atoms with Crippen LogP contribution < -0.4 is 5.32 Å². The molecule has 1 aliphatic heterocycles. The molecule has 1 aliphatic rings. The molecule has 0 saturated carbocycles. The van der Waals surface area contributed by atoms with Gasteiger partial charge in [0, 0.05) is 23.7 Å². The van der Waals surface area contributed by atoms with Crippen molar-refractivity contribution in [1.82, 2.24) is 15.2 Å². The second-order valence-corrected chi connectivity index (χ2v) is 8.21. The molecule has 1 unspecified atom stereocenters. The van der Waals surface area contributed by atoms with E-state index in [9.17, 15) is 19.5 Å². The first kappa shape index (κ1) is 19.8. The van der Waals surface area contributed by atoms with Crippen LogP contribution in [-0.2, 0) is 9.59 Å². The van der Waals surface area contributed by atoms with Gasteiger partial charge in [0.2, 0.25) is 5.91 Å². The number of carbonyl (C=O) groups is 3. The molecule has 0 aliphatic carbocycles. The minimum Gasteiger partial charge on any atom is -0.480 e. The summed E-state index contributed by atoms with van der Waals surface area (Å²) in [6.45, 7) is 5.95. The highest BCUT2D eigenvalue weighted by Crippen LogP contribution is 2.26. The number of amides is 2. The quantitative estimate of drug-likeness (QED) is 0.845. The lowest BCUT2D eigenvalue weighted by molar-refractivity contribution is -0.150. The third-order valence-corrected chi connectivity index (χ3v) is 5.07. The van der Waals surface area contributed by atoms with Crippen molar-refractivity contribution in [2.24, 2.45) is 5.41 Å². The average molecular weight is 383 g/mol. The molecule has 2 heterocycles. The Bertz CT molecular complexity index is 919. The molecular formula is C21H25N3O4. The van der Waals surface area contributed by atoms with E-state index in [2.05, 4.69) is 10.3 Å². The highest BCUT2D eigenvalue weighted by molar-refractivity contribution is 6.00. The van der Waals surface area contributed by atoms with Crippen molar-refractivity contribution >= 4 is 28.7 Å². The smallest absolute Gasteiger partial charge is 0.326 e. The van der Waals surface area contributed by atoms with E-state index in [4.69, 9.17) is 0 Å². The number of carboxylic acids is 1. The van der Waals surface area contributed by atoms with Gasteiger partial charge in [-0.15, -0.1) is 0 Å². The van der Waals surface area contributed by atoms with Crippen LogP contribution in [0.1, 0.15) is 44.0 Å². The molecule has 3 rings (SSSR count). The molecule has 2 aromatic rings. The summed E-state index contributed by atoms with van der Waals surface area (Å²) in [5.74, 6) is -1.73. The number of benzene rings is 1. The summed E-state index contributed by atoms with van der Waals surface area (Å²) in [5.41, 5.74) is 0.638. The first-order valence-corrected chi connectivity index (χ1v) is 9.37. The maximum Gasteiger partial charge on any atom is 0.326 e. The molecular weight excluding hydrogens is 358 g/mol.